The highest BCUT2D eigenvalue weighted by atomic mass is 19.4. The third-order valence-electron chi connectivity index (χ3n) is 5.02. The van der Waals surface area contributed by atoms with Gasteiger partial charge in [-0.05, 0) is 56.2 Å². The van der Waals surface area contributed by atoms with Crippen LogP contribution in [0.5, 0.6) is 0 Å². The molecule has 0 bridgehead atoms. The van der Waals surface area contributed by atoms with Crippen molar-refractivity contribution in [3.63, 3.8) is 0 Å². The molecule has 5 heteroatoms. The molecule has 2 aliphatic carbocycles. The molecule has 1 aromatic rings. The van der Waals surface area contributed by atoms with Crippen molar-refractivity contribution in [1.29, 1.82) is 0 Å². The average Bonchev–Trinajstić information content (AvgIpc) is 2.89. The average molecular weight is 323 g/mol. The van der Waals surface area contributed by atoms with Crippen LogP contribution in [0.4, 0.5) is 13.2 Å². The van der Waals surface area contributed by atoms with Crippen LogP contribution < -0.4 is 5.32 Å². The quantitative estimate of drug-likeness (QED) is 0.820. The van der Waals surface area contributed by atoms with Crippen molar-refractivity contribution in [3.05, 3.63) is 47.5 Å². The molecule has 1 unspecified atom stereocenters. The van der Waals surface area contributed by atoms with E-state index >= 15 is 0 Å². The molecule has 1 saturated carbocycles. The van der Waals surface area contributed by atoms with Crippen molar-refractivity contribution >= 4 is 5.91 Å². The Balaban J connectivity index is 1.53. The molecule has 0 radical (unpaired) electrons. The van der Waals surface area contributed by atoms with Gasteiger partial charge in [-0.1, -0.05) is 24.3 Å². The van der Waals surface area contributed by atoms with Crippen LogP contribution in [-0.4, -0.2) is 11.9 Å². The number of halogens is 3. The van der Waals surface area contributed by atoms with E-state index in [9.17, 15) is 18.0 Å². The smallest absolute Gasteiger partial charge is 0.353 e. The van der Waals surface area contributed by atoms with E-state index in [1.165, 1.54) is 0 Å². The van der Waals surface area contributed by atoms with E-state index in [4.69, 9.17) is 0 Å². The topological polar surface area (TPSA) is 29.1 Å². The van der Waals surface area contributed by atoms with E-state index in [2.05, 4.69) is 5.32 Å². The lowest BCUT2D eigenvalue weighted by atomic mass is 9.75. The molecular weight excluding hydrogens is 303 g/mol. The number of hydrogen-bond acceptors (Lipinski definition) is 1. The summed E-state index contributed by atoms with van der Waals surface area (Å²) in [6, 6.07) is 5.48. The third kappa shape index (κ3) is 3.28. The zero-order valence-corrected chi connectivity index (χ0v) is 13.0. The second kappa shape index (κ2) is 5.69. The van der Waals surface area contributed by atoms with Gasteiger partial charge in [-0.2, -0.15) is 13.2 Å². The minimum absolute atomic E-state index is 0.0575. The van der Waals surface area contributed by atoms with Gasteiger partial charge in [0.25, 0.3) is 0 Å². The van der Waals surface area contributed by atoms with Crippen LogP contribution in [0.3, 0.4) is 0 Å². The van der Waals surface area contributed by atoms with Crippen LogP contribution in [0, 0.1) is 5.41 Å². The van der Waals surface area contributed by atoms with Crippen molar-refractivity contribution in [2.75, 3.05) is 0 Å². The summed E-state index contributed by atoms with van der Waals surface area (Å²) in [4.78, 5) is 12.3. The fourth-order valence-corrected chi connectivity index (χ4v) is 3.30. The van der Waals surface area contributed by atoms with Gasteiger partial charge in [0.2, 0.25) is 5.91 Å². The first kappa shape index (κ1) is 16.1. The molecule has 1 N–H and O–H groups in total. The molecule has 23 heavy (non-hydrogen) atoms. The van der Waals surface area contributed by atoms with Crippen molar-refractivity contribution in [2.45, 2.75) is 50.7 Å². The van der Waals surface area contributed by atoms with Gasteiger partial charge < -0.3 is 5.32 Å². The van der Waals surface area contributed by atoms with Crippen molar-refractivity contribution in [2.24, 2.45) is 5.41 Å². The molecule has 1 aromatic carbocycles. The molecule has 0 aliphatic heterocycles. The van der Waals surface area contributed by atoms with Gasteiger partial charge >= 0.3 is 6.18 Å². The van der Waals surface area contributed by atoms with Crippen LogP contribution in [-0.2, 0) is 11.0 Å². The molecule has 1 fully saturated rings. The predicted molar refractivity (Wildman–Crippen MR) is 81.8 cm³/mol. The summed E-state index contributed by atoms with van der Waals surface area (Å²) in [6.07, 6.45) is 3.06. The first-order valence-corrected chi connectivity index (χ1v) is 7.94. The number of nitrogens with one attached hydrogen (secondary N) is 1. The predicted octanol–water partition coefficient (Wildman–Crippen LogP) is 4.42. The van der Waals surface area contributed by atoms with E-state index < -0.39 is 17.2 Å². The fourth-order valence-electron chi connectivity index (χ4n) is 3.30. The van der Waals surface area contributed by atoms with Gasteiger partial charge in [0.15, 0.2) is 0 Å². The minimum Gasteiger partial charge on any atom is -0.353 e. The summed E-state index contributed by atoms with van der Waals surface area (Å²) in [6.45, 7) is 1.94. The fraction of sp³-hybridized carbons (Fsp3) is 0.500. The number of allylic oxidation sites excluding steroid dienone is 1. The SMILES string of the molecule is CC1(C(=O)NC2CC(c3ccc(C(F)(F)F)cc3)C2)C=CCC1. The molecule has 0 saturated heterocycles. The Morgan fingerprint density at radius 2 is 1.87 bits per heavy atom. The van der Waals surface area contributed by atoms with Gasteiger partial charge in [-0.25, -0.2) is 0 Å². The normalized spacial score (nSPS) is 30.1. The van der Waals surface area contributed by atoms with Gasteiger partial charge in [0.1, 0.15) is 0 Å². The van der Waals surface area contributed by atoms with Crippen molar-refractivity contribution in [3.8, 4) is 0 Å². The van der Waals surface area contributed by atoms with E-state index in [0.29, 0.717) is 0 Å². The Labute approximate surface area is 133 Å². The Hall–Kier alpha value is -1.78. The molecule has 1 amide bonds. The van der Waals surface area contributed by atoms with E-state index in [1.54, 1.807) is 12.1 Å². The number of carbonyl (C=O) groups is 1. The number of rotatable bonds is 3. The first-order chi connectivity index (χ1) is 10.8. The van der Waals surface area contributed by atoms with Crippen molar-refractivity contribution < 1.29 is 18.0 Å². The zero-order valence-electron chi connectivity index (χ0n) is 13.0. The van der Waals surface area contributed by atoms with Crippen LogP contribution in [0.1, 0.15) is 49.7 Å². The van der Waals surface area contributed by atoms with Crippen LogP contribution in [0.2, 0.25) is 0 Å². The maximum atomic E-state index is 12.6. The second-order valence-corrected chi connectivity index (χ2v) is 6.82. The molecule has 124 valence electrons. The Morgan fingerprint density at radius 3 is 2.39 bits per heavy atom. The number of alkyl halides is 3. The number of benzene rings is 1. The van der Waals surface area contributed by atoms with Gasteiger partial charge in [-0.3, -0.25) is 4.79 Å². The highest BCUT2D eigenvalue weighted by molar-refractivity contribution is 5.85. The molecule has 0 aromatic heterocycles. The summed E-state index contributed by atoms with van der Waals surface area (Å²) in [5, 5.41) is 3.06. The largest absolute Gasteiger partial charge is 0.416 e. The first-order valence-electron chi connectivity index (χ1n) is 7.94. The number of hydrogen-bond donors (Lipinski definition) is 1. The lowest BCUT2D eigenvalue weighted by molar-refractivity contribution is -0.137. The van der Waals surface area contributed by atoms with Crippen LogP contribution in [0.15, 0.2) is 36.4 Å². The summed E-state index contributed by atoms with van der Waals surface area (Å²) in [5.74, 6) is 0.289. The summed E-state index contributed by atoms with van der Waals surface area (Å²) < 4.78 is 37.7. The second-order valence-electron chi connectivity index (χ2n) is 6.82. The minimum atomic E-state index is -4.29. The maximum Gasteiger partial charge on any atom is 0.416 e. The standard InChI is InChI=1S/C18H20F3NO/c1-17(8-2-3-9-17)16(23)22-15-10-13(11-15)12-4-6-14(7-5-12)18(19,20)21/h2,4-8,13,15H,3,9-11H2,1H3,(H,22,23). The van der Waals surface area contributed by atoms with E-state index in [0.717, 1.165) is 43.4 Å². The monoisotopic (exact) mass is 323 g/mol. The molecule has 2 aliphatic rings. The Kier molecular flexibility index (Phi) is 3.98. The van der Waals surface area contributed by atoms with Gasteiger partial charge in [0, 0.05) is 6.04 Å². The maximum absolute atomic E-state index is 12.6. The summed E-state index contributed by atoms with van der Waals surface area (Å²) >= 11 is 0. The van der Waals surface area contributed by atoms with Gasteiger partial charge in [-0.15, -0.1) is 0 Å². The molecule has 3 rings (SSSR count). The number of carbonyl (C=O) groups excluding carboxylic acids is 1. The highest BCUT2D eigenvalue weighted by Crippen LogP contribution is 2.39. The van der Waals surface area contributed by atoms with E-state index in [1.807, 2.05) is 19.1 Å². The molecular formula is C18H20F3NO. The lowest BCUT2D eigenvalue weighted by Crippen LogP contribution is -2.48. The zero-order chi connectivity index (χ0) is 16.7. The van der Waals surface area contributed by atoms with Gasteiger partial charge in [0.05, 0.1) is 11.0 Å². The molecule has 2 nitrogen and oxygen atoms in total. The summed E-state index contributed by atoms with van der Waals surface area (Å²) in [5.41, 5.74) is -0.110. The summed E-state index contributed by atoms with van der Waals surface area (Å²) in [7, 11) is 0. The Morgan fingerprint density at radius 1 is 1.22 bits per heavy atom. The molecule has 0 spiro atoms. The lowest BCUT2D eigenvalue weighted by Gasteiger charge is -2.38. The highest BCUT2D eigenvalue weighted by Gasteiger charge is 2.38. The number of amides is 1. The van der Waals surface area contributed by atoms with Crippen molar-refractivity contribution in [1.82, 2.24) is 5.32 Å². The molecule has 0 heterocycles. The third-order valence-corrected chi connectivity index (χ3v) is 5.02. The van der Waals surface area contributed by atoms with Crippen LogP contribution in [0.25, 0.3) is 0 Å². The Bertz CT molecular complexity index is 614. The van der Waals surface area contributed by atoms with E-state index in [-0.39, 0.29) is 17.9 Å². The van der Waals surface area contributed by atoms with Crippen LogP contribution >= 0.6 is 0 Å². The molecule has 1 atom stereocenters.